The summed E-state index contributed by atoms with van der Waals surface area (Å²) in [5.41, 5.74) is 0. The second kappa shape index (κ2) is 17.4. The normalized spacial score (nSPS) is 18.4. The monoisotopic (exact) mass is 422 g/mol. The highest BCUT2D eigenvalue weighted by Gasteiger charge is 2.13. The van der Waals surface area contributed by atoms with Gasteiger partial charge in [-0.25, -0.2) is 0 Å². The van der Waals surface area contributed by atoms with E-state index in [4.69, 9.17) is 33.5 Å². The maximum absolute atomic E-state index is 8.95. The summed E-state index contributed by atoms with van der Waals surface area (Å²) in [4.78, 5) is 0. The van der Waals surface area contributed by atoms with Gasteiger partial charge >= 0.3 is 0 Å². The fourth-order valence-corrected chi connectivity index (χ4v) is 2.15. The summed E-state index contributed by atoms with van der Waals surface area (Å²) in [5, 5.41) is 8.95. The first-order valence-electron chi connectivity index (χ1n) is 10.9. The SMILES string of the molecule is CC(C)COC(C)COC(C)COC(C)COC(C)COC(C)COC(C)CO. The van der Waals surface area contributed by atoms with Crippen LogP contribution in [0.15, 0.2) is 0 Å². The number of hydrogen-bond donors (Lipinski definition) is 1. The third kappa shape index (κ3) is 18.2. The van der Waals surface area contributed by atoms with E-state index in [0.29, 0.717) is 39.0 Å². The minimum atomic E-state index is -0.171. The second-order valence-electron chi connectivity index (χ2n) is 8.44. The highest BCUT2D eigenvalue weighted by atomic mass is 16.6. The van der Waals surface area contributed by atoms with E-state index in [1.54, 1.807) is 0 Å². The lowest BCUT2D eigenvalue weighted by Gasteiger charge is -2.22. The molecule has 0 rings (SSSR count). The van der Waals surface area contributed by atoms with Gasteiger partial charge in [-0.2, -0.15) is 0 Å². The molecule has 7 nitrogen and oxygen atoms in total. The van der Waals surface area contributed by atoms with E-state index in [0.717, 1.165) is 6.61 Å². The molecule has 0 radical (unpaired) electrons. The van der Waals surface area contributed by atoms with Gasteiger partial charge in [0.2, 0.25) is 0 Å². The van der Waals surface area contributed by atoms with Crippen LogP contribution in [-0.2, 0) is 28.4 Å². The number of aliphatic hydroxyl groups excluding tert-OH is 1. The van der Waals surface area contributed by atoms with Crippen LogP contribution in [0.2, 0.25) is 0 Å². The molecule has 0 saturated heterocycles. The van der Waals surface area contributed by atoms with Crippen molar-refractivity contribution >= 4 is 0 Å². The molecule has 0 aliphatic heterocycles. The summed E-state index contributed by atoms with van der Waals surface area (Å²) >= 11 is 0. The molecule has 0 aromatic carbocycles. The Morgan fingerprint density at radius 2 is 0.655 bits per heavy atom. The van der Waals surface area contributed by atoms with Crippen molar-refractivity contribution in [1.82, 2.24) is 0 Å². The van der Waals surface area contributed by atoms with E-state index in [9.17, 15) is 0 Å². The van der Waals surface area contributed by atoms with Gasteiger partial charge in [0.25, 0.3) is 0 Å². The van der Waals surface area contributed by atoms with Gasteiger partial charge < -0.3 is 33.5 Å². The summed E-state index contributed by atoms with van der Waals surface area (Å²) < 4.78 is 34.2. The lowest BCUT2D eigenvalue weighted by molar-refractivity contribution is -0.103. The summed E-state index contributed by atoms with van der Waals surface area (Å²) in [6.07, 6.45) is -0.189. The molecule has 0 amide bonds. The van der Waals surface area contributed by atoms with Gasteiger partial charge in [-0.1, -0.05) is 13.8 Å². The van der Waals surface area contributed by atoms with Gasteiger partial charge in [0.1, 0.15) is 0 Å². The second-order valence-corrected chi connectivity index (χ2v) is 8.44. The molecule has 176 valence electrons. The molecule has 0 aliphatic carbocycles. The van der Waals surface area contributed by atoms with Crippen molar-refractivity contribution in [1.29, 1.82) is 0 Å². The Labute approximate surface area is 178 Å². The lowest BCUT2D eigenvalue weighted by Crippen LogP contribution is -2.29. The van der Waals surface area contributed by atoms with E-state index in [2.05, 4.69) is 13.8 Å². The minimum Gasteiger partial charge on any atom is -0.394 e. The van der Waals surface area contributed by atoms with Gasteiger partial charge in [-0.05, 0) is 47.5 Å². The highest BCUT2D eigenvalue weighted by Crippen LogP contribution is 2.04. The quantitative estimate of drug-likeness (QED) is 0.343. The van der Waals surface area contributed by atoms with Crippen LogP contribution in [0.1, 0.15) is 55.4 Å². The van der Waals surface area contributed by atoms with Crippen molar-refractivity contribution in [3.05, 3.63) is 0 Å². The van der Waals surface area contributed by atoms with Crippen LogP contribution in [-0.4, -0.2) is 88.0 Å². The van der Waals surface area contributed by atoms with E-state index in [1.807, 2.05) is 41.5 Å². The first-order valence-corrected chi connectivity index (χ1v) is 10.9. The maximum Gasteiger partial charge on any atom is 0.0781 e. The molecule has 0 heterocycles. The summed E-state index contributed by atoms with van der Waals surface area (Å²) in [6, 6.07) is 0. The fourth-order valence-electron chi connectivity index (χ4n) is 2.15. The predicted molar refractivity (Wildman–Crippen MR) is 114 cm³/mol. The Bertz CT molecular complexity index is 367. The van der Waals surface area contributed by atoms with Crippen LogP contribution in [0.4, 0.5) is 0 Å². The Morgan fingerprint density at radius 1 is 0.414 bits per heavy atom. The molecule has 0 spiro atoms. The topological polar surface area (TPSA) is 75.6 Å². The third-order valence-corrected chi connectivity index (χ3v) is 4.05. The van der Waals surface area contributed by atoms with Gasteiger partial charge in [0.15, 0.2) is 0 Å². The lowest BCUT2D eigenvalue weighted by atomic mass is 10.2. The van der Waals surface area contributed by atoms with E-state index in [1.165, 1.54) is 0 Å². The number of aliphatic hydroxyl groups is 1. The molecule has 0 aromatic heterocycles. The molecule has 0 aliphatic rings. The average molecular weight is 423 g/mol. The van der Waals surface area contributed by atoms with E-state index >= 15 is 0 Å². The van der Waals surface area contributed by atoms with Crippen molar-refractivity contribution in [3.63, 3.8) is 0 Å². The molecule has 0 saturated carbocycles. The highest BCUT2D eigenvalue weighted by molar-refractivity contribution is 4.58. The molecule has 0 fully saturated rings. The summed E-state index contributed by atoms with van der Waals surface area (Å²) in [6.45, 7) is 19.3. The van der Waals surface area contributed by atoms with Crippen molar-refractivity contribution in [3.8, 4) is 0 Å². The maximum atomic E-state index is 8.95. The van der Waals surface area contributed by atoms with E-state index in [-0.39, 0.29) is 43.2 Å². The molecule has 0 aromatic rings. The standard InChI is InChI=1S/C22H46O7/c1-16(2)10-24-18(4)12-26-20(6)14-28-22(8)15-29-21(7)13-27-19(5)11-25-17(3)9-23/h16-23H,9-15H2,1-8H3. The summed E-state index contributed by atoms with van der Waals surface area (Å²) in [7, 11) is 0. The molecule has 6 unspecified atom stereocenters. The zero-order valence-corrected chi connectivity index (χ0v) is 19.9. The molecular formula is C22H46O7. The van der Waals surface area contributed by atoms with Crippen molar-refractivity contribution in [2.45, 2.75) is 92.0 Å². The zero-order valence-electron chi connectivity index (χ0n) is 19.9. The average Bonchev–Trinajstić information content (AvgIpc) is 2.69. The van der Waals surface area contributed by atoms with Gasteiger partial charge in [-0.3, -0.25) is 0 Å². The third-order valence-electron chi connectivity index (χ3n) is 4.05. The van der Waals surface area contributed by atoms with E-state index < -0.39 is 0 Å². The largest absolute Gasteiger partial charge is 0.394 e. The van der Waals surface area contributed by atoms with Crippen molar-refractivity contribution in [2.75, 3.05) is 46.2 Å². The fraction of sp³-hybridized carbons (Fsp3) is 1.00. The van der Waals surface area contributed by atoms with Crippen LogP contribution >= 0.6 is 0 Å². The molecule has 0 bridgehead atoms. The van der Waals surface area contributed by atoms with Crippen LogP contribution in [0.3, 0.4) is 0 Å². The molecular weight excluding hydrogens is 376 g/mol. The van der Waals surface area contributed by atoms with Gasteiger partial charge in [0, 0.05) is 6.61 Å². The van der Waals surface area contributed by atoms with Crippen LogP contribution in [0.5, 0.6) is 0 Å². The Morgan fingerprint density at radius 3 is 0.897 bits per heavy atom. The molecule has 29 heavy (non-hydrogen) atoms. The molecule has 1 N–H and O–H groups in total. The molecule has 6 atom stereocenters. The first-order chi connectivity index (χ1) is 13.6. The Balaban J connectivity index is 3.76. The predicted octanol–water partition coefficient (Wildman–Crippen LogP) is 3.07. The summed E-state index contributed by atoms with van der Waals surface area (Å²) in [5.74, 6) is 0.526. The molecule has 7 heteroatoms. The number of ether oxygens (including phenoxy) is 6. The zero-order chi connectivity index (χ0) is 22.2. The van der Waals surface area contributed by atoms with Crippen molar-refractivity contribution < 1.29 is 33.5 Å². The smallest absolute Gasteiger partial charge is 0.0781 e. The Hall–Kier alpha value is -0.280. The first kappa shape index (κ1) is 28.7. The number of hydrogen-bond acceptors (Lipinski definition) is 7. The van der Waals surface area contributed by atoms with Gasteiger partial charge in [-0.15, -0.1) is 0 Å². The van der Waals surface area contributed by atoms with Gasteiger partial charge in [0.05, 0.1) is 76.3 Å². The number of rotatable bonds is 19. The minimum absolute atomic E-state index is 0.00506. The van der Waals surface area contributed by atoms with Crippen LogP contribution in [0.25, 0.3) is 0 Å². The van der Waals surface area contributed by atoms with Crippen LogP contribution < -0.4 is 0 Å². The van der Waals surface area contributed by atoms with Crippen molar-refractivity contribution in [2.24, 2.45) is 5.92 Å². The Kier molecular flexibility index (Phi) is 17.2. The van der Waals surface area contributed by atoms with Crippen LogP contribution in [0, 0.1) is 5.92 Å².